The third-order valence-electron chi connectivity index (χ3n) is 4.10. The van der Waals surface area contributed by atoms with Crippen LogP contribution < -0.4 is 5.32 Å². The summed E-state index contributed by atoms with van der Waals surface area (Å²) in [5, 5.41) is 4.08. The van der Waals surface area contributed by atoms with E-state index in [1.54, 1.807) is 6.20 Å². The van der Waals surface area contributed by atoms with Crippen molar-refractivity contribution in [3.8, 4) is 0 Å². The Morgan fingerprint density at radius 1 is 1.38 bits per heavy atom. The summed E-state index contributed by atoms with van der Waals surface area (Å²) in [6.45, 7) is 4.45. The van der Waals surface area contributed by atoms with E-state index in [4.69, 9.17) is 17.0 Å². The van der Waals surface area contributed by atoms with Crippen molar-refractivity contribution in [2.75, 3.05) is 18.5 Å². The molecule has 1 aromatic carbocycles. The molecule has 1 saturated heterocycles. The first-order chi connectivity index (χ1) is 11.7. The number of thiocarbonyl (C=S) groups is 1. The largest absolute Gasteiger partial charge is 0.376 e. The number of aryl methyl sites for hydroxylation is 1. The minimum atomic E-state index is 0.249. The molecule has 0 aliphatic carbocycles. The van der Waals surface area contributed by atoms with Crippen LogP contribution in [-0.2, 0) is 11.3 Å². The van der Waals surface area contributed by atoms with Gasteiger partial charge in [0.1, 0.15) is 0 Å². The van der Waals surface area contributed by atoms with E-state index in [0.29, 0.717) is 0 Å². The van der Waals surface area contributed by atoms with Crippen LogP contribution in [0.25, 0.3) is 0 Å². The van der Waals surface area contributed by atoms with E-state index in [-0.39, 0.29) is 6.10 Å². The van der Waals surface area contributed by atoms with Gasteiger partial charge < -0.3 is 15.0 Å². The molecule has 1 aromatic heterocycles. The second kappa shape index (κ2) is 8.22. The zero-order chi connectivity index (χ0) is 16.8. The number of nitrogens with zero attached hydrogens (tertiary/aromatic N) is 2. The minimum absolute atomic E-state index is 0.249. The van der Waals surface area contributed by atoms with Gasteiger partial charge in [0.05, 0.1) is 6.10 Å². The molecule has 24 heavy (non-hydrogen) atoms. The van der Waals surface area contributed by atoms with E-state index in [0.717, 1.165) is 48.9 Å². The first-order valence-corrected chi connectivity index (χ1v) is 8.74. The molecule has 0 amide bonds. The van der Waals surface area contributed by atoms with E-state index >= 15 is 0 Å². The van der Waals surface area contributed by atoms with Crippen molar-refractivity contribution in [3.05, 3.63) is 59.9 Å². The number of hydrogen-bond acceptors (Lipinski definition) is 3. The molecule has 1 unspecified atom stereocenters. The third kappa shape index (κ3) is 4.76. The molecule has 2 aromatic rings. The van der Waals surface area contributed by atoms with Crippen LogP contribution in [0.3, 0.4) is 0 Å². The van der Waals surface area contributed by atoms with Crippen LogP contribution in [0.1, 0.15) is 24.0 Å². The molecule has 1 aliphatic rings. The highest BCUT2D eigenvalue weighted by Crippen LogP contribution is 2.17. The van der Waals surface area contributed by atoms with Gasteiger partial charge in [-0.15, -0.1) is 0 Å². The molecule has 0 radical (unpaired) electrons. The molecule has 1 atom stereocenters. The summed E-state index contributed by atoms with van der Waals surface area (Å²) in [5.41, 5.74) is 3.37. The van der Waals surface area contributed by atoms with Crippen molar-refractivity contribution in [2.45, 2.75) is 32.4 Å². The molecule has 0 bridgehead atoms. The third-order valence-corrected chi connectivity index (χ3v) is 4.46. The smallest absolute Gasteiger partial charge is 0.173 e. The summed E-state index contributed by atoms with van der Waals surface area (Å²) in [7, 11) is 0. The molecule has 2 heterocycles. The number of hydrogen-bond donors (Lipinski definition) is 1. The highest BCUT2D eigenvalue weighted by Gasteiger charge is 2.21. The topological polar surface area (TPSA) is 37.4 Å². The van der Waals surface area contributed by atoms with Gasteiger partial charge in [0, 0.05) is 37.8 Å². The first kappa shape index (κ1) is 16.9. The number of anilines is 1. The number of rotatable bonds is 5. The summed E-state index contributed by atoms with van der Waals surface area (Å²) in [6, 6.07) is 12.3. The molecule has 1 fully saturated rings. The van der Waals surface area contributed by atoms with E-state index < -0.39 is 0 Å². The molecule has 1 aliphatic heterocycles. The second-order valence-electron chi connectivity index (χ2n) is 6.18. The maximum absolute atomic E-state index is 5.80. The second-order valence-corrected chi connectivity index (χ2v) is 6.56. The molecule has 5 heteroatoms. The lowest BCUT2D eigenvalue weighted by Gasteiger charge is -2.28. The number of aromatic nitrogens is 1. The number of benzene rings is 1. The van der Waals surface area contributed by atoms with E-state index in [1.807, 2.05) is 24.4 Å². The maximum atomic E-state index is 5.80. The van der Waals surface area contributed by atoms with Gasteiger partial charge in [-0.2, -0.15) is 0 Å². The zero-order valence-electron chi connectivity index (χ0n) is 13.9. The van der Waals surface area contributed by atoms with Crippen LogP contribution in [0.4, 0.5) is 5.69 Å². The molecule has 0 spiro atoms. The average molecular weight is 341 g/mol. The summed E-state index contributed by atoms with van der Waals surface area (Å²) < 4.78 is 5.80. The maximum Gasteiger partial charge on any atom is 0.173 e. The molecular formula is C19H23N3OS. The fourth-order valence-corrected chi connectivity index (χ4v) is 3.15. The van der Waals surface area contributed by atoms with Crippen LogP contribution in [0.5, 0.6) is 0 Å². The van der Waals surface area contributed by atoms with E-state index in [9.17, 15) is 0 Å². The highest BCUT2D eigenvalue weighted by atomic mass is 32.1. The lowest BCUT2D eigenvalue weighted by Crippen LogP contribution is -2.39. The van der Waals surface area contributed by atoms with E-state index in [1.165, 1.54) is 5.56 Å². The molecule has 3 rings (SSSR count). The summed E-state index contributed by atoms with van der Waals surface area (Å²) in [6.07, 6.45) is 6.15. The fourth-order valence-electron chi connectivity index (χ4n) is 2.89. The Hall–Kier alpha value is -1.98. The van der Waals surface area contributed by atoms with Gasteiger partial charge in [-0.25, -0.2) is 0 Å². The van der Waals surface area contributed by atoms with Gasteiger partial charge in [0.25, 0.3) is 0 Å². The minimum Gasteiger partial charge on any atom is -0.376 e. The summed E-state index contributed by atoms with van der Waals surface area (Å²) in [4.78, 5) is 6.37. The predicted molar refractivity (Wildman–Crippen MR) is 101 cm³/mol. The summed E-state index contributed by atoms with van der Waals surface area (Å²) >= 11 is 5.67. The predicted octanol–water partition coefficient (Wildman–Crippen LogP) is 3.77. The van der Waals surface area contributed by atoms with Gasteiger partial charge in [-0.3, -0.25) is 4.98 Å². The van der Waals surface area contributed by atoms with Crippen LogP contribution in [0.2, 0.25) is 0 Å². The van der Waals surface area contributed by atoms with Crippen molar-refractivity contribution in [3.63, 3.8) is 0 Å². The number of ether oxygens (including phenoxy) is 1. The Labute approximate surface area is 148 Å². The van der Waals surface area contributed by atoms with Crippen molar-refractivity contribution >= 4 is 23.0 Å². The van der Waals surface area contributed by atoms with E-state index in [2.05, 4.69) is 40.3 Å². The lowest BCUT2D eigenvalue weighted by molar-refractivity contribution is 0.0905. The van der Waals surface area contributed by atoms with Crippen LogP contribution >= 0.6 is 12.2 Å². The number of nitrogens with one attached hydrogen (secondary N) is 1. The van der Waals surface area contributed by atoms with Gasteiger partial charge in [0.2, 0.25) is 0 Å². The quantitative estimate of drug-likeness (QED) is 0.838. The van der Waals surface area contributed by atoms with Crippen LogP contribution in [-0.4, -0.2) is 34.3 Å². The zero-order valence-corrected chi connectivity index (χ0v) is 14.8. The Kier molecular flexibility index (Phi) is 5.77. The molecule has 4 nitrogen and oxygen atoms in total. The van der Waals surface area contributed by atoms with Gasteiger partial charge in [-0.1, -0.05) is 18.2 Å². The standard InChI is InChI=1S/C19H23N3OS/c1-15-5-2-7-17(11-15)21-19(24)22(14-18-8-4-10-23-18)13-16-6-3-9-20-12-16/h2-3,5-7,9,11-12,18H,4,8,10,13-14H2,1H3,(H,21,24). The molecular weight excluding hydrogens is 318 g/mol. The van der Waals surface area contributed by atoms with Crippen molar-refractivity contribution < 1.29 is 4.74 Å². The Morgan fingerprint density at radius 2 is 2.29 bits per heavy atom. The Balaban J connectivity index is 1.70. The van der Waals surface area contributed by atoms with Crippen LogP contribution in [0.15, 0.2) is 48.8 Å². The Bertz CT molecular complexity index is 671. The summed E-state index contributed by atoms with van der Waals surface area (Å²) in [5.74, 6) is 0. The van der Waals surface area contributed by atoms with Gasteiger partial charge in [0.15, 0.2) is 5.11 Å². The first-order valence-electron chi connectivity index (χ1n) is 8.34. The SMILES string of the molecule is Cc1cccc(NC(=S)N(Cc2cccnc2)CC2CCCO2)c1. The van der Waals surface area contributed by atoms with Gasteiger partial charge >= 0.3 is 0 Å². The molecule has 126 valence electrons. The van der Waals surface area contributed by atoms with Crippen molar-refractivity contribution in [1.82, 2.24) is 9.88 Å². The van der Waals surface area contributed by atoms with Gasteiger partial charge in [-0.05, 0) is 61.3 Å². The fraction of sp³-hybridized carbons (Fsp3) is 0.368. The number of pyridine rings is 1. The Morgan fingerprint density at radius 3 is 3.00 bits per heavy atom. The molecule has 1 N–H and O–H groups in total. The lowest BCUT2D eigenvalue weighted by atomic mass is 10.2. The van der Waals surface area contributed by atoms with Crippen molar-refractivity contribution in [1.29, 1.82) is 0 Å². The average Bonchev–Trinajstić information content (AvgIpc) is 3.08. The normalized spacial score (nSPS) is 16.8. The van der Waals surface area contributed by atoms with Crippen LogP contribution in [0, 0.1) is 6.92 Å². The van der Waals surface area contributed by atoms with Crippen molar-refractivity contribution in [2.24, 2.45) is 0 Å². The molecule has 0 saturated carbocycles. The monoisotopic (exact) mass is 341 g/mol. The highest BCUT2D eigenvalue weighted by molar-refractivity contribution is 7.80.